The number of rotatable bonds is 2. The van der Waals surface area contributed by atoms with Crippen LogP contribution in [0.25, 0.3) is 11.0 Å². The largest absolute Gasteiger partial charge is 0.436 e. The molecule has 0 atom stereocenters. The zero-order chi connectivity index (χ0) is 13.4. The van der Waals surface area contributed by atoms with Crippen LogP contribution in [-0.4, -0.2) is 20.2 Å². The van der Waals surface area contributed by atoms with Gasteiger partial charge in [-0.25, -0.2) is 0 Å². The fraction of sp³-hybridized carbons (Fsp3) is 0. The van der Waals surface area contributed by atoms with Gasteiger partial charge < -0.3 is 4.74 Å². The molecule has 0 amide bonds. The number of hydrogen-bond acceptors (Lipinski definition) is 4. The molecule has 0 radical (unpaired) electrons. The molecular weight excluding hydrogens is 311 g/mol. The van der Waals surface area contributed by atoms with Gasteiger partial charge in [0.15, 0.2) is 5.65 Å². The third kappa shape index (κ3) is 2.32. The molecular formula is C11H5Cl3N4O. The average molecular weight is 316 g/mol. The Hall–Kier alpha value is -1.56. The van der Waals surface area contributed by atoms with Gasteiger partial charge >= 0.3 is 0 Å². The van der Waals surface area contributed by atoms with Crippen molar-refractivity contribution in [2.75, 3.05) is 0 Å². The van der Waals surface area contributed by atoms with E-state index in [1.54, 1.807) is 24.4 Å². The second-order valence-corrected chi connectivity index (χ2v) is 4.71. The van der Waals surface area contributed by atoms with Gasteiger partial charge in [-0.3, -0.25) is 5.10 Å². The Kier molecular flexibility index (Phi) is 3.18. The molecule has 8 heteroatoms. The second-order valence-electron chi connectivity index (χ2n) is 3.58. The summed E-state index contributed by atoms with van der Waals surface area (Å²) in [6.45, 7) is 0. The minimum absolute atomic E-state index is 0.0462. The highest BCUT2D eigenvalue weighted by Crippen LogP contribution is 2.35. The Balaban J connectivity index is 2.10. The van der Waals surface area contributed by atoms with Gasteiger partial charge in [0.1, 0.15) is 16.2 Å². The summed E-state index contributed by atoms with van der Waals surface area (Å²) in [6.07, 6.45) is 1.54. The van der Waals surface area contributed by atoms with Gasteiger partial charge in [0, 0.05) is 0 Å². The molecule has 96 valence electrons. The standard InChI is InChI=1S/C11H5Cl3N4O/c12-6-2-1-3-7(8(6)13)19-10-5-4-15-18-9(5)16-11(14)17-10/h1-4H,(H,15,16,17,18). The summed E-state index contributed by atoms with van der Waals surface area (Å²) in [5.41, 5.74) is 0.480. The Bertz CT molecular complexity index is 759. The third-order valence-corrected chi connectivity index (χ3v) is 3.34. The molecule has 3 aromatic rings. The molecule has 3 rings (SSSR count). The monoisotopic (exact) mass is 314 g/mol. The molecule has 0 aliphatic rings. The molecule has 5 nitrogen and oxygen atoms in total. The molecule has 0 spiro atoms. The van der Waals surface area contributed by atoms with Gasteiger partial charge in [-0.05, 0) is 23.7 Å². The number of nitrogens with one attached hydrogen (secondary N) is 1. The fourth-order valence-corrected chi connectivity index (χ4v) is 2.02. The topological polar surface area (TPSA) is 63.7 Å². The molecule has 0 bridgehead atoms. The number of H-pyrrole nitrogens is 1. The van der Waals surface area contributed by atoms with E-state index in [-0.39, 0.29) is 11.2 Å². The minimum Gasteiger partial charge on any atom is -0.436 e. The molecule has 0 aliphatic carbocycles. The quantitative estimate of drug-likeness (QED) is 0.723. The molecule has 0 unspecified atom stereocenters. The number of nitrogens with zero attached hydrogens (tertiary/aromatic N) is 3. The number of aromatic nitrogens is 4. The lowest BCUT2D eigenvalue weighted by Crippen LogP contribution is -1.92. The Morgan fingerprint density at radius 1 is 1.11 bits per heavy atom. The zero-order valence-corrected chi connectivity index (χ0v) is 11.5. The van der Waals surface area contributed by atoms with E-state index >= 15 is 0 Å². The van der Waals surface area contributed by atoms with Crippen molar-refractivity contribution in [1.82, 2.24) is 20.2 Å². The van der Waals surface area contributed by atoms with Crippen LogP contribution in [0.1, 0.15) is 0 Å². The van der Waals surface area contributed by atoms with E-state index in [2.05, 4.69) is 20.2 Å². The summed E-state index contributed by atoms with van der Waals surface area (Å²) in [5, 5.41) is 7.88. The predicted molar refractivity (Wildman–Crippen MR) is 73.2 cm³/mol. The highest BCUT2D eigenvalue weighted by molar-refractivity contribution is 6.42. The van der Waals surface area contributed by atoms with Crippen LogP contribution in [0.4, 0.5) is 0 Å². The predicted octanol–water partition coefficient (Wildman–Crippen LogP) is 4.11. The first kappa shape index (κ1) is 12.5. The van der Waals surface area contributed by atoms with Gasteiger partial charge in [0.2, 0.25) is 11.2 Å². The van der Waals surface area contributed by atoms with Crippen LogP contribution in [0.3, 0.4) is 0 Å². The van der Waals surface area contributed by atoms with Crippen molar-refractivity contribution >= 4 is 45.8 Å². The molecule has 0 saturated heterocycles. The second kappa shape index (κ2) is 4.85. The first-order valence-electron chi connectivity index (χ1n) is 5.13. The summed E-state index contributed by atoms with van der Waals surface area (Å²) >= 11 is 17.8. The molecule has 2 heterocycles. The number of ether oxygens (including phenoxy) is 1. The van der Waals surface area contributed by atoms with Crippen molar-refractivity contribution < 1.29 is 4.74 Å². The summed E-state index contributed by atoms with van der Waals surface area (Å²) in [4.78, 5) is 7.99. The van der Waals surface area contributed by atoms with Crippen LogP contribution in [-0.2, 0) is 0 Å². The number of halogens is 3. The molecule has 0 fully saturated rings. The van der Waals surface area contributed by atoms with Gasteiger partial charge in [-0.2, -0.15) is 15.1 Å². The molecule has 1 aromatic carbocycles. The van der Waals surface area contributed by atoms with E-state index in [1.165, 1.54) is 0 Å². The van der Waals surface area contributed by atoms with E-state index in [0.717, 1.165) is 0 Å². The van der Waals surface area contributed by atoms with Crippen LogP contribution in [0.2, 0.25) is 15.3 Å². The molecule has 0 saturated carbocycles. The van der Waals surface area contributed by atoms with Crippen molar-refractivity contribution in [2.45, 2.75) is 0 Å². The lowest BCUT2D eigenvalue weighted by atomic mass is 10.3. The lowest BCUT2D eigenvalue weighted by molar-refractivity contribution is 0.468. The Labute approximate surface area is 122 Å². The average Bonchev–Trinajstić information content (AvgIpc) is 2.83. The van der Waals surface area contributed by atoms with Crippen molar-refractivity contribution in [3.05, 3.63) is 39.7 Å². The molecule has 2 aromatic heterocycles. The minimum atomic E-state index is 0.0462. The van der Waals surface area contributed by atoms with Crippen LogP contribution < -0.4 is 4.74 Å². The van der Waals surface area contributed by atoms with Gasteiger partial charge in [-0.1, -0.05) is 29.3 Å². The summed E-state index contributed by atoms with van der Waals surface area (Å²) < 4.78 is 5.63. The van der Waals surface area contributed by atoms with Gasteiger partial charge in [0.25, 0.3) is 0 Å². The molecule has 1 N–H and O–H groups in total. The van der Waals surface area contributed by atoms with Crippen molar-refractivity contribution in [3.63, 3.8) is 0 Å². The lowest BCUT2D eigenvalue weighted by Gasteiger charge is -2.08. The maximum absolute atomic E-state index is 6.05. The fourth-order valence-electron chi connectivity index (χ4n) is 1.53. The summed E-state index contributed by atoms with van der Waals surface area (Å²) in [6, 6.07) is 5.06. The smallest absolute Gasteiger partial charge is 0.234 e. The highest BCUT2D eigenvalue weighted by Gasteiger charge is 2.13. The Morgan fingerprint density at radius 3 is 2.79 bits per heavy atom. The van der Waals surface area contributed by atoms with Gasteiger partial charge in [-0.15, -0.1) is 0 Å². The Morgan fingerprint density at radius 2 is 1.95 bits per heavy atom. The number of aromatic amines is 1. The van der Waals surface area contributed by atoms with Crippen LogP contribution in [0, 0.1) is 0 Å². The first-order valence-corrected chi connectivity index (χ1v) is 6.27. The third-order valence-electron chi connectivity index (χ3n) is 2.37. The van der Waals surface area contributed by atoms with Crippen LogP contribution in [0.15, 0.2) is 24.4 Å². The maximum atomic E-state index is 6.05. The molecule has 0 aliphatic heterocycles. The van der Waals surface area contributed by atoms with E-state index < -0.39 is 0 Å². The summed E-state index contributed by atoms with van der Waals surface area (Å²) in [7, 11) is 0. The zero-order valence-electron chi connectivity index (χ0n) is 9.19. The van der Waals surface area contributed by atoms with E-state index in [4.69, 9.17) is 39.5 Å². The van der Waals surface area contributed by atoms with Crippen molar-refractivity contribution in [3.8, 4) is 11.6 Å². The number of benzene rings is 1. The maximum Gasteiger partial charge on any atom is 0.234 e. The van der Waals surface area contributed by atoms with Crippen LogP contribution >= 0.6 is 34.8 Å². The first-order chi connectivity index (χ1) is 9.15. The van der Waals surface area contributed by atoms with E-state index in [9.17, 15) is 0 Å². The normalized spacial score (nSPS) is 10.9. The SMILES string of the molecule is Clc1nc(Oc2cccc(Cl)c2Cl)c2cn[nH]c2n1. The molecule has 19 heavy (non-hydrogen) atoms. The summed E-state index contributed by atoms with van der Waals surface area (Å²) in [5.74, 6) is 0.638. The number of hydrogen-bond donors (Lipinski definition) is 1. The van der Waals surface area contributed by atoms with Gasteiger partial charge in [0.05, 0.1) is 11.2 Å². The van der Waals surface area contributed by atoms with Crippen LogP contribution in [0.5, 0.6) is 11.6 Å². The number of fused-ring (bicyclic) bond motifs is 1. The van der Waals surface area contributed by atoms with Crippen molar-refractivity contribution in [2.24, 2.45) is 0 Å². The van der Waals surface area contributed by atoms with Crippen molar-refractivity contribution in [1.29, 1.82) is 0 Å². The van der Waals surface area contributed by atoms with E-state index in [1.807, 2.05) is 0 Å². The van der Waals surface area contributed by atoms with E-state index in [0.29, 0.717) is 26.8 Å². The highest BCUT2D eigenvalue weighted by atomic mass is 35.5.